The molecule has 4 nitrogen and oxygen atoms in total. The van der Waals surface area contributed by atoms with Gasteiger partial charge in [0, 0.05) is 13.1 Å². The standard InChI is InChI=1S/C24H24N4/c1-3-9-20(10-4-1)15-16-26-18-27(17-21-11-5-2-6-12-21)24-25-22-13-7-8-14-23(22)28(24)19-26/h1-14H,15-19H2. The van der Waals surface area contributed by atoms with Gasteiger partial charge in [-0.3, -0.25) is 9.47 Å². The summed E-state index contributed by atoms with van der Waals surface area (Å²) in [5.41, 5.74) is 4.98. The highest BCUT2D eigenvalue weighted by molar-refractivity contribution is 5.79. The molecule has 0 saturated carbocycles. The average molecular weight is 368 g/mol. The van der Waals surface area contributed by atoms with Crippen molar-refractivity contribution in [3.8, 4) is 0 Å². The highest BCUT2D eigenvalue weighted by Crippen LogP contribution is 2.28. The van der Waals surface area contributed by atoms with E-state index in [1.54, 1.807) is 0 Å². The van der Waals surface area contributed by atoms with Crippen LogP contribution in [-0.4, -0.2) is 27.7 Å². The molecule has 28 heavy (non-hydrogen) atoms. The fourth-order valence-electron chi connectivity index (χ4n) is 3.99. The number of anilines is 1. The van der Waals surface area contributed by atoms with Crippen LogP contribution < -0.4 is 4.90 Å². The summed E-state index contributed by atoms with van der Waals surface area (Å²) in [6.07, 6.45) is 1.06. The lowest BCUT2D eigenvalue weighted by Crippen LogP contribution is -2.45. The quantitative estimate of drug-likeness (QED) is 0.518. The Morgan fingerprint density at radius 1 is 0.714 bits per heavy atom. The minimum atomic E-state index is 0.867. The van der Waals surface area contributed by atoms with Crippen molar-refractivity contribution in [2.45, 2.75) is 19.6 Å². The van der Waals surface area contributed by atoms with Crippen LogP contribution in [0.3, 0.4) is 0 Å². The van der Waals surface area contributed by atoms with E-state index in [2.05, 4.69) is 99.3 Å². The number of hydrogen-bond acceptors (Lipinski definition) is 3. The van der Waals surface area contributed by atoms with E-state index in [0.29, 0.717) is 0 Å². The van der Waals surface area contributed by atoms with Gasteiger partial charge in [-0.15, -0.1) is 0 Å². The number of imidazole rings is 1. The maximum Gasteiger partial charge on any atom is 0.209 e. The van der Waals surface area contributed by atoms with Gasteiger partial charge in [-0.2, -0.15) is 0 Å². The van der Waals surface area contributed by atoms with Gasteiger partial charge in [-0.1, -0.05) is 72.8 Å². The normalized spacial score (nSPS) is 14.4. The van der Waals surface area contributed by atoms with E-state index in [1.165, 1.54) is 16.6 Å². The molecule has 0 bridgehead atoms. The summed E-state index contributed by atoms with van der Waals surface area (Å²) in [6.45, 7) is 3.67. The summed E-state index contributed by atoms with van der Waals surface area (Å²) in [7, 11) is 0. The molecule has 3 aromatic carbocycles. The first kappa shape index (κ1) is 17.0. The van der Waals surface area contributed by atoms with Crippen molar-refractivity contribution >= 4 is 17.0 Å². The molecule has 0 fully saturated rings. The first-order valence-electron chi connectivity index (χ1n) is 9.87. The van der Waals surface area contributed by atoms with Gasteiger partial charge in [0.2, 0.25) is 5.95 Å². The number of fused-ring (bicyclic) bond motifs is 3. The fraction of sp³-hybridized carbons (Fsp3) is 0.208. The predicted molar refractivity (Wildman–Crippen MR) is 114 cm³/mol. The molecule has 0 unspecified atom stereocenters. The maximum atomic E-state index is 4.95. The van der Waals surface area contributed by atoms with Crippen molar-refractivity contribution in [1.82, 2.24) is 14.5 Å². The van der Waals surface area contributed by atoms with Crippen LogP contribution in [-0.2, 0) is 19.6 Å². The lowest BCUT2D eigenvalue weighted by Gasteiger charge is -2.37. The smallest absolute Gasteiger partial charge is 0.209 e. The lowest BCUT2D eigenvalue weighted by atomic mass is 10.1. The zero-order valence-corrected chi connectivity index (χ0v) is 15.9. The summed E-state index contributed by atoms with van der Waals surface area (Å²) >= 11 is 0. The molecule has 4 aromatic rings. The summed E-state index contributed by atoms with van der Waals surface area (Å²) < 4.78 is 2.35. The summed E-state index contributed by atoms with van der Waals surface area (Å²) in [6, 6.07) is 29.9. The zero-order chi connectivity index (χ0) is 18.8. The molecule has 0 saturated heterocycles. The van der Waals surface area contributed by atoms with E-state index < -0.39 is 0 Å². The van der Waals surface area contributed by atoms with E-state index in [0.717, 1.165) is 44.3 Å². The first-order chi connectivity index (χ1) is 13.9. The van der Waals surface area contributed by atoms with Gasteiger partial charge in [-0.05, 0) is 29.7 Å². The van der Waals surface area contributed by atoms with Crippen molar-refractivity contribution in [3.05, 3.63) is 96.1 Å². The third-order valence-electron chi connectivity index (χ3n) is 5.41. The molecular weight excluding hydrogens is 344 g/mol. The number of rotatable bonds is 5. The minimum Gasteiger partial charge on any atom is -0.325 e. The fourth-order valence-corrected chi connectivity index (χ4v) is 3.99. The van der Waals surface area contributed by atoms with E-state index in [1.807, 2.05) is 0 Å². The Labute approximate surface area is 165 Å². The van der Waals surface area contributed by atoms with Gasteiger partial charge in [0.25, 0.3) is 0 Å². The van der Waals surface area contributed by atoms with E-state index in [9.17, 15) is 0 Å². The van der Waals surface area contributed by atoms with Crippen molar-refractivity contribution < 1.29 is 0 Å². The zero-order valence-electron chi connectivity index (χ0n) is 15.9. The van der Waals surface area contributed by atoms with E-state index in [-0.39, 0.29) is 0 Å². The van der Waals surface area contributed by atoms with Crippen LogP contribution in [0.15, 0.2) is 84.9 Å². The van der Waals surface area contributed by atoms with Gasteiger partial charge in [0.05, 0.1) is 24.4 Å². The summed E-state index contributed by atoms with van der Waals surface area (Å²) in [5.74, 6) is 1.07. The summed E-state index contributed by atoms with van der Waals surface area (Å²) in [5, 5.41) is 0. The largest absolute Gasteiger partial charge is 0.325 e. The van der Waals surface area contributed by atoms with Crippen LogP contribution in [0, 0.1) is 0 Å². The molecule has 5 rings (SSSR count). The van der Waals surface area contributed by atoms with Crippen LogP contribution in [0.2, 0.25) is 0 Å². The Balaban J connectivity index is 1.44. The molecule has 0 atom stereocenters. The molecular formula is C24H24N4. The molecule has 0 N–H and O–H groups in total. The van der Waals surface area contributed by atoms with Crippen molar-refractivity contribution in [1.29, 1.82) is 0 Å². The molecule has 140 valence electrons. The highest BCUT2D eigenvalue weighted by atomic mass is 15.5. The van der Waals surface area contributed by atoms with Crippen molar-refractivity contribution in [3.63, 3.8) is 0 Å². The molecule has 0 amide bonds. The molecule has 2 heterocycles. The molecule has 0 radical (unpaired) electrons. The Kier molecular flexibility index (Phi) is 4.55. The topological polar surface area (TPSA) is 24.3 Å². The predicted octanol–water partition coefficient (Wildman–Crippen LogP) is 4.52. The van der Waals surface area contributed by atoms with Gasteiger partial charge in [0.1, 0.15) is 0 Å². The highest BCUT2D eigenvalue weighted by Gasteiger charge is 2.25. The molecule has 4 heteroatoms. The average Bonchev–Trinajstić information content (AvgIpc) is 3.13. The minimum absolute atomic E-state index is 0.867. The molecule has 1 aliphatic rings. The summed E-state index contributed by atoms with van der Waals surface area (Å²) in [4.78, 5) is 9.85. The number of aromatic nitrogens is 2. The number of nitrogens with zero attached hydrogens (tertiary/aromatic N) is 4. The number of hydrogen-bond donors (Lipinski definition) is 0. The second-order valence-corrected chi connectivity index (χ2v) is 7.42. The van der Waals surface area contributed by atoms with Crippen LogP contribution >= 0.6 is 0 Å². The monoisotopic (exact) mass is 368 g/mol. The van der Waals surface area contributed by atoms with Crippen molar-refractivity contribution in [2.24, 2.45) is 0 Å². The van der Waals surface area contributed by atoms with Crippen LogP contribution in [0.1, 0.15) is 11.1 Å². The van der Waals surface area contributed by atoms with E-state index in [4.69, 9.17) is 4.98 Å². The second kappa shape index (κ2) is 7.49. The Hall–Kier alpha value is -3.11. The Morgan fingerprint density at radius 3 is 2.18 bits per heavy atom. The third-order valence-corrected chi connectivity index (χ3v) is 5.41. The van der Waals surface area contributed by atoms with Crippen molar-refractivity contribution in [2.75, 3.05) is 18.1 Å². The Bertz CT molecular complexity index is 1060. The molecule has 1 aromatic heterocycles. The van der Waals surface area contributed by atoms with Gasteiger partial charge in [0.15, 0.2) is 0 Å². The van der Waals surface area contributed by atoms with Crippen LogP contribution in [0.5, 0.6) is 0 Å². The van der Waals surface area contributed by atoms with Crippen LogP contribution in [0.25, 0.3) is 11.0 Å². The van der Waals surface area contributed by atoms with Gasteiger partial charge in [-0.25, -0.2) is 4.98 Å². The third kappa shape index (κ3) is 3.39. The lowest BCUT2D eigenvalue weighted by molar-refractivity contribution is 0.200. The molecule has 1 aliphatic heterocycles. The van der Waals surface area contributed by atoms with Gasteiger partial charge >= 0.3 is 0 Å². The van der Waals surface area contributed by atoms with E-state index >= 15 is 0 Å². The molecule has 0 aliphatic carbocycles. The first-order valence-corrected chi connectivity index (χ1v) is 9.87. The van der Waals surface area contributed by atoms with Crippen LogP contribution in [0.4, 0.5) is 5.95 Å². The second-order valence-electron chi connectivity index (χ2n) is 7.42. The SMILES string of the molecule is c1ccc(CCN2CN(Cc3ccccc3)c3nc4ccccc4n3C2)cc1. The Morgan fingerprint density at radius 2 is 1.39 bits per heavy atom. The maximum absolute atomic E-state index is 4.95. The number of benzene rings is 3. The van der Waals surface area contributed by atoms with Gasteiger partial charge < -0.3 is 4.90 Å². The number of para-hydroxylation sites is 2. The molecule has 0 spiro atoms.